The first kappa shape index (κ1) is 12.6. The Morgan fingerprint density at radius 1 is 1.10 bits per heavy atom. The number of rotatable bonds is 1. The fourth-order valence-electron chi connectivity index (χ4n) is 0.532. The SMILES string of the molecule is O=Cc1ccccc1.[BH4-].[Na+]. The van der Waals surface area contributed by atoms with Gasteiger partial charge in [0.05, 0.1) is 0 Å². The summed E-state index contributed by atoms with van der Waals surface area (Å²) in [5, 5.41) is 0. The summed E-state index contributed by atoms with van der Waals surface area (Å²) in [6.45, 7) is 0. The van der Waals surface area contributed by atoms with Crippen molar-refractivity contribution >= 4 is 14.7 Å². The molecule has 10 heavy (non-hydrogen) atoms. The molecule has 0 aromatic heterocycles. The zero-order valence-corrected chi connectivity index (χ0v) is 7.37. The fraction of sp³-hybridized carbons (Fsp3) is 0. The second-order valence-electron chi connectivity index (χ2n) is 1.53. The third-order valence-electron chi connectivity index (χ3n) is 0.936. The average molecular weight is 144 g/mol. The molecule has 0 saturated heterocycles. The van der Waals surface area contributed by atoms with Crippen molar-refractivity contribution < 1.29 is 34.4 Å². The minimum absolute atomic E-state index is 0. The molecular formula is C7H10BNaO. The molecule has 0 atom stereocenters. The van der Waals surface area contributed by atoms with Gasteiger partial charge in [-0.1, -0.05) is 38.7 Å². The summed E-state index contributed by atoms with van der Waals surface area (Å²) >= 11 is 0. The molecule has 48 valence electrons. The molecule has 0 spiro atoms. The van der Waals surface area contributed by atoms with Crippen LogP contribution in [0.1, 0.15) is 10.4 Å². The second kappa shape index (κ2) is 7.07. The zero-order chi connectivity index (χ0) is 5.82. The Kier molecular flexibility index (Phi) is 8.91. The van der Waals surface area contributed by atoms with Crippen LogP contribution in [-0.4, -0.2) is 14.7 Å². The Morgan fingerprint density at radius 2 is 1.60 bits per heavy atom. The normalized spacial score (nSPS) is 6.80. The van der Waals surface area contributed by atoms with Gasteiger partial charge in [0.1, 0.15) is 6.29 Å². The van der Waals surface area contributed by atoms with E-state index in [9.17, 15) is 4.79 Å². The molecule has 1 nitrogen and oxygen atoms in total. The molecule has 0 aliphatic heterocycles. The van der Waals surface area contributed by atoms with Crippen molar-refractivity contribution in [2.75, 3.05) is 0 Å². The van der Waals surface area contributed by atoms with Crippen LogP contribution < -0.4 is 29.6 Å². The van der Waals surface area contributed by atoms with Crippen molar-refractivity contribution in [2.24, 2.45) is 0 Å². The zero-order valence-electron chi connectivity index (χ0n) is 5.37. The summed E-state index contributed by atoms with van der Waals surface area (Å²) in [6.07, 6.45) is 0.833. The van der Waals surface area contributed by atoms with E-state index in [1.54, 1.807) is 12.1 Å². The van der Waals surface area contributed by atoms with Crippen LogP contribution in [0, 0.1) is 0 Å². The van der Waals surface area contributed by atoms with Crippen LogP contribution in [0.25, 0.3) is 0 Å². The van der Waals surface area contributed by atoms with Gasteiger partial charge >= 0.3 is 29.6 Å². The first-order chi connectivity index (χ1) is 3.93. The number of hydrogen-bond acceptors (Lipinski definition) is 1. The second-order valence-corrected chi connectivity index (χ2v) is 1.53. The van der Waals surface area contributed by atoms with Crippen molar-refractivity contribution in [1.29, 1.82) is 0 Å². The topological polar surface area (TPSA) is 17.1 Å². The van der Waals surface area contributed by atoms with E-state index in [4.69, 9.17) is 0 Å². The molecule has 0 bridgehead atoms. The van der Waals surface area contributed by atoms with Gasteiger partial charge in [-0.3, -0.25) is 4.79 Å². The summed E-state index contributed by atoms with van der Waals surface area (Å²) in [4.78, 5) is 10.0. The maximum absolute atomic E-state index is 10.0. The first-order valence-corrected chi connectivity index (χ1v) is 2.44. The van der Waals surface area contributed by atoms with E-state index in [0.29, 0.717) is 0 Å². The fourth-order valence-corrected chi connectivity index (χ4v) is 0.532. The summed E-state index contributed by atoms with van der Waals surface area (Å²) in [7, 11) is 0. The largest absolute Gasteiger partial charge is 1.00 e. The predicted octanol–water partition coefficient (Wildman–Crippen LogP) is -2.95. The monoisotopic (exact) mass is 144 g/mol. The molecule has 0 heterocycles. The summed E-state index contributed by atoms with van der Waals surface area (Å²) in [5.41, 5.74) is 0.729. The maximum Gasteiger partial charge on any atom is 1.00 e. The molecule has 1 rings (SSSR count). The Balaban J connectivity index is 0. The van der Waals surface area contributed by atoms with E-state index in [2.05, 4.69) is 0 Å². The van der Waals surface area contributed by atoms with Crippen LogP contribution >= 0.6 is 0 Å². The van der Waals surface area contributed by atoms with Crippen molar-refractivity contribution in [2.45, 2.75) is 0 Å². The van der Waals surface area contributed by atoms with E-state index in [-0.39, 0.29) is 38.0 Å². The quantitative estimate of drug-likeness (QED) is 0.304. The van der Waals surface area contributed by atoms with Crippen LogP contribution in [0.4, 0.5) is 0 Å². The molecule has 0 aliphatic rings. The van der Waals surface area contributed by atoms with Crippen molar-refractivity contribution in [1.82, 2.24) is 0 Å². The third kappa shape index (κ3) is 3.88. The molecule has 0 saturated carbocycles. The van der Waals surface area contributed by atoms with E-state index in [1.807, 2.05) is 18.2 Å². The third-order valence-corrected chi connectivity index (χ3v) is 0.936. The van der Waals surface area contributed by atoms with Gasteiger partial charge in [0.2, 0.25) is 0 Å². The summed E-state index contributed by atoms with van der Waals surface area (Å²) in [5.74, 6) is 0. The molecule has 0 amide bonds. The number of carbonyl (C=O) groups is 1. The van der Waals surface area contributed by atoms with Gasteiger partial charge in [0.25, 0.3) is 0 Å². The predicted molar refractivity (Wildman–Crippen MR) is 43.2 cm³/mol. The van der Waals surface area contributed by atoms with Crippen LogP contribution in [0.2, 0.25) is 0 Å². The Morgan fingerprint density at radius 3 is 1.90 bits per heavy atom. The van der Waals surface area contributed by atoms with Gasteiger partial charge in [-0.05, 0) is 0 Å². The number of aldehydes is 1. The smallest absolute Gasteiger partial charge is 0.298 e. The van der Waals surface area contributed by atoms with E-state index >= 15 is 0 Å². The minimum Gasteiger partial charge on any atom is -0.298 e. The molecule has 0 N–H and O–H groups in total. The Labute approximate surface area is 84.7 Å². The molecule has 3 heteroatoms. The van der Waals surface area contributed by atoms with Gasteiger partial charge in [0.15, 0.2) is 0 Å². The number of carbonyl (C=O) groups excluding carboxylic acids is 1. The molecular weight excluding hydrogens is 134 g/mol. The summed E-state index contributed by atoms with van der Waals surface area (Å²) < 4.78 is 0. The van der Waals surface area contributed by atoms with Crippen molar-refractivity contribution in [3.05, 3.63) is 35.9 Å². The van der Waals surface area contributed by atoms with Gasteiger partial charge in [-0.25, -0.2) is 0 Å². The average Bonchev–Trinajstić information content (AvgIpc) is 1.90. The van der Waals surface area contributed by atoms with Gasteiger partial charge in [-0.15, -0.1) is 0 Å². The molecule has 0 unspecified atom stereocenters. The van der Waals surface area contributed by atoms with Crippen molar-refractivity contribution in [3.63, 3.8) is 0 Å². The minimum atomic E-state index is 0. The van der Waals surface area contributed by atoms with E-state index < -0.39 is 0 Å². The molecule has 1 aromatic carbocycles. The molecule has 0 aliphatic carbocycles. The van der Waals surface area contributed by atoms with Crippen LogP contribution in [-0.2, 0) is 0 Å². The van der Waals surface area contributed by atoms with Crippen LogP contribution in [0.5, 0.6) is 0 Å². The Hall–Kier alpha value is -0.0451. The van der Waals surface area contributed by atoms with E-state index in [1.165, 1.54) is 0 Å². The molecule has 0 fully saturated rings. The molecule has 0 radical (unpaired) electrons. The van der Waals surface area contributed by atoms with Gasteiger partial charge < -0.3 is 0 Å². The number of benzene rings is 1. The Bertz CT molecular complexity index is 176. The first-order valence-electron chi connectivity index (χ1n) is 2.44. The van der Waals surface area contributed by atoms with E-state index in [0.717, 1.165) is 11.8 Å². The van der Waals surface area contributed by atoms with Gasteiger partial charge in [-0.2, -0.15) is 0 Å². The maximum atomic E-state index is 10.0. The number of hydrogen-bond donors (Lipinski definition) is 0. The van der Waals surface area contributed by atoms with Crippen molar-refractivity contribution in [3.8, 4) is 0 Å². The summed E-state index contributed by atoms with van der Waals surface area (Å²) in [6, 6.07) is 9.10. The standard InChI is InChI=1S/C7H6O.BH4.Na/c8-6-7-4-2-1-3-5-7;;/h1-6H;1H4;/q;-1;+1. The molecule has 1 aromatic rings. The van der Waals surface area contributed by atoms with Crippen LogP contribution in [0.15, 0.2) is 30.3 Å². The van der Waals surface area contributed by atoms with Gasteiger partial charge in [0, 0.05) is 5.56 Å². The van der Waals surface area contributed by atoms with Crippen LogP contribution in [0.3, 0.4) is 0 Å².